The molecule has 0 radical (unpaired) electrons. The van der Waals surface area contributed by atoms with Gasteiger partial charge in [-0.1, -0.05) is 68.0 Å². The second kappa shape index (κ2) is 10.8. The third-order valence-corrected chi connectivity index (χ3v) is 7.86. The number of hydrogen-bond donors (Lipinski definition) is 3. The molecular weight excluding hydrogens is 512 g/mol. The van der Waals surface area contributed by atoms with Gasteiger partial charge in [-0.25, -0.2) is 0 Å². The summed E-state index contributed by atoms with van der Waals surface area (Å²) in [5, 5.41) is 13.9. The Hall–Kier alpha value is -4.58. The Labute approximate surface area is 241 Å². The van der Waals surface area contributed by atoms with Gasteiger partial charge in [0.25, 0.3) is 0 Å². The second-order valence-electron chi connectivity index (χ2n) is 11.1. The summed E-state index contributed by atoms with van der Waals surface area (Å²) < 4.78 is 18.1. The lowest BCUT2D eigenvalue weighted by atomic mass is 9.83. The number of ether oxygens (including phenoxy) is 3. The van der Waals surface area contributed by atoms with Gasteiger partial charge in [0.05, 0.1) is 32.5 Å². The van der Waals surface area contributed by atoms with E-state index in [2.05, 4.69) is 56.4 Å². The van der Waals surface area contributed by atoms with Crippen molar-refractivity contribution in [2.24, 2.45) is 0 Å². The zero-order valence-corrected chi connectivity index (χ0v) is 24.9. The van der Waals surface area contributed by atoms with Crippen LogP contribution in [0.5, 0.6) is 23.0 Å². The molecule has 3 aromatic carbocycles. The topological polar surface area (TPSA) is 79.5 Å². The molecule has 0 aliphatic rings. The summed E-state index contributed by atoms with van der Waals surface area (Å²) in [4.78, 5) is 7.03. The molecule has 6 nitrogen and oxygen atoms in total. The highest BCUT2D eigenvalue weighted by atomic mass is 16.5. The van der Waals surface area contributed by atoms with Crippen LogP contribution >= 0.6 is 0 Å². The van der Waals surface area contributed by atoms with Crippen molar-refractivity contribution >= 4 is 21.8 Å². The first-order chi connectivity index (χ1) is 19.7. The minimum absolute atomic E-state index is 0.0246. The van der Waals surface area contributed by atoms with Gasteiger partial charge in [0.2, 0.25) is 0 Å². The van der Waals surface area contributed by atoms with Crippen molar-refractivity contribution in [3.63, 3.8) is 0 Å². The maximum atomic E-state index is 12.0. The Kier molecular flexibility index (Phi) is 7.35. The van der Waals surface area contributed by atoms with Crippen LogP contribution in [0.2, 0.25) is 0 Å². The molecular formula is C35H38N2O4. The third kappa shape index (κ3) is 4.53. The number of allylic oxidation sites excluding steroid dienone is 3. The maximum Gasteiger partial charge on any atom is 0.173 e. The second-order valence-corrected chi connectivity index (χ2v) is 11.1. The van der Waals surface area contributed by atoms with Crippen LogP contribution in [0.3, 0.4) is 0 Å². The number of benzene rings is 3. The smallest absolute Gasteiger partial charge is 0.173 e. The van der Waals surface area contributed by atoms with Gasteiger partial charge in [0, 0.05) is 50.2 Å². The van der Waals surface area contributed by atoms with Gasteiger partial charge in [-0.05, 0) is 31.9 Å². The quantitative estimate of drug-likeness (QED) is 0.160. The van der Waals surface area contributed by atoms with Crippen LogP contribution < -0.4 is 14.2 Å². The minimum atomic E-state index is -0.426. The summed E-state index contributed by atoms with van der Waals surface area (Å²) in [6.45, 7) is 12.5. The van der Waals surface area contributed by atoms with Gasteiger partial charge in [-0.3, -0.25) is 0 Å². The summed E-state index contributed by atoms with van der Waals surface area (Å²) in [5.74, 6) is 1.17. The molecule has 0 spiro atoms. The number of fused-ring (bicyclic) bond motifs is 2. The van der Waals surface area contributed by atoms with Gasteiger partial charge in [0.1, 0.15) is 0 Å². The zero-order chi connectivity index (χ0) is 29.5. The fraction of sp³-hybridized carbons (Fsp3) is 0.257. The number of hydrogen-bond acceptors (Lipinski definition) is 4. The molecule has 0 fully saturated rings. The van der Waals surface area contributed by atoms with E-state index in [1.807, 2.05) is 48.7 Å². The highest BCUT2D eigenvalue weighted by Crippen LogP contribution is 2.59. The first kappa shape index (κ1) is 28.0. The van der Waals surface area contributed by atoms with Crippen LogP contribution in [0.25, 0.3) is 44.1 Å². The van der Waals surface area contributed by atoms with Crippen LogP contribution in [0.4, 0.5) is 0 Å². The van der Waals surface area contributed by atoms with Gasteiger partial charge < -0.3 is 29.3 Å². The fourth-order valence-electron chi connectivity index (χ4n) is 5.63. The first-order valence-corrected chi connectivity index (χ1v) is 13.7. The van der Waals surface area contributed by atoms with Crippen molar-refractivity contribution in [3.05, 3.63) is 84.2 Å². The molecule has 6 heteroatoms. The van der Waals surface area contributed by atoms with Crippen LogP contribution in [-0.2, 0) is 11.8 Å². The minimum Gasteiger partial charge on any atom is -0.504 e. The molecule has 0 bridgehead atoms. The molecule has 0 saturated heterocycles. The number of aromatic amines is 2. The van der Waals surface area contributed by atoms with E-state index < -0.39 is 5.41 Å². The van der Waals surface area contributed by atoms with E-state index in [0.717, 1.165) is 45.0 Å². The number of phenolic OH excluding ortho intramolecular Hbond substituents is 1. The normalized spacial score (nSPS) is 11.6. The highest BCUT2D eigenvalue weighted by Gasteiger charge is 2.34. The number of para-hydroxylation sites is 2. The SMILES string of the molecule is C=CC(C)(C)c1[nH]c2ccccc2c1-c1c(OC)c(O)c(-c2c[nH]c3c(CC=C(C)C)cccc23)c(OC)c1OC. The van der Waals surface area contributed by atoms with Crippen molar-refractivity contribution in [3.8, 4) is 45.3 Å². The van der Waals surface area contributed by atoms with E-state index in [9.17, 15) is 5.11 Å². The van der Waals surface area contributed by atoms with Crippen molar-refractivity contribution in [2.75, 3.05) is 21.3 Å². The van der Waals surface area contributed by atoms with Crippen LogP contribution in [0.1, 0.15) is 39.0 Å². The van der Waals surface area contributed by atoms with E-state index in [1.54, 1.807) is 21.3 Å². The summed E-state index contributed by atoms with van der Waals surface area (Å²) in [6.07, 6.45) is 6.82. The van der Waals surface area contributed by atoms with E-state index in [0.29, 0.717) is 28.4 Å². The van der Waals surface area contributed by atoms with Crippen LogP contribution in [0, 0.1) is 0 Å². The van der Waals surface area contributed by atoms with Crippen molar-refractivity contribution in [1.82, 2.24) is 9.97 Å². The lowest BCUT2D eigenvalue weighted by Gasteiger charge is -2.25. The predicted molar refractivity (Wildman–Crippen MR) is 169 cm³/mol. The van der Waals surface area contributed by atoms with Crippen molar-refractivity contribution < 1.29 is 19.3 Å². The van der Waals surface area contributed by atoms with Crippen LogP contribution in [-0.4, -0.2) is 36.4 Å². The Bertz CT molecular complexity index is 1800. The molecule has 2 aromatic heterocycles. The lowest BCUT2D eigenvalue weighted by Crippen LogP contribution is -2.15. The van der Waals surface area contributed by atoms with E-state index in [4.69, 9.17) is 14.2 Å². The van der Waals surface area contributed by atoms with Gasteiger partial charge in [0.15, 0.2) is 23.0 Å². The molecule has 0 aliphatic heterocycles. The number of H-pyrrole nitrogens is 2. The molecule has 0 atom stereocenters. The predicted octanol–water partition coefficient (Wildman–Crippen LogP) is 8.69. The number of methoxy groups -OCH3 is 3. The average Bonchev–Trinajstić information content (AvgIpc) is 3.58. The Morgan fingerprint density at radius 2 is 1.54 bits per heavy atom. The number of rotatable bonds is 9. The number of phenols is 1. The highest BCUT2D eigenvalue weighted by molar-refractivity contribution is 6.07. The first-order valence-electron chi connectivity index (χ1n) is 13.7. The summed E-state index contributed by atoms with van der Waals surface area (Å²) in [5.41, 5.74) is 7.66. The van der Waals surface area contributed by atoms with Crippen LogP contribution in [0.15, 0.2) is 73.0 Å². The molecule has 5 rings (SSSR count). The number of nitrogens with one attached hydrogen (secondary N) is 2. The molecule has 0 amide bonds. The Morgan fingerprint density at radius 1 is 0.878 bits per heavy atom. The van der Waals surface area contributed by atoms with Gasteiger partial charge in [-0.15, -0.1) is 6.58 Å². The Balaban J connectivity index is 1.88. The number of aromatic hydroxyl groups is 1. The summed E-state index contributed by atoms with van der Waals surface area (Å²) in [6, 6.07) is 14.3. The lowest BCUT2D eigenvalue weighted by molar-refractivity contribution is 0.340. The molecule has 3 N–H and O–H groups in total. The summed E-state index contributed by atoms with van der Waals surface area (Å²) >= 11 is 0. The van der Waals surface area contributed by atoms with Gasteiger partial charge >= 0.3 is 0 Å². The van der Waals surface area contributed by atoms with Crippen molar-refractivity contribution in [1.29, 1.82) is 0 Å². The Morgan fingerprint density at radius 3 is 2.20 bits per heavy atom. The average molecular weight is 551 g/mol. The molecule has 41 heavy (non-hydrogen) atoms. The monoisotopic (exact) mass is 550 g/mol. The maximum absolute atomic E-state index is 12.0. The van der Waals surface area contributed by atoms with Gasteiger partial charge in [-0.2, -0.15) is 0 Å². The molecule has 2 heterocycles. The summed E-state index contributed by atoms with van der Waals surface area (Å²) in [7, 11) is 4.77. The molecule has 0 saturated carbocycles. The van der Waals surface area contributed by atoms with E-state index in [-0.39, 0.29) is 5.75 Å². The third-order valence-electron chi connectivity index (χ3n) is 7.86. The fourth-order valence-corrected chi connectivity index (χ4v) is 5.63. The largest absolute Gasteiger partial charge is 0.504 e. The standard InChI is InChI=1S/C35H38N2O4/c1-9-35(4,5)34-26(23-14-10-11-16-25(23)37-34)28-31(39-6)30(38)27(32(40-7)33(28)41-8)24-19-36-29-21(18-17-20(2)3)13-12-15-22(24)29/h9-17,19,36-38H,1,18H2,2-8H3. The van der Waals surface area contributed by atoms with E-state index >= 15 is 0 Å². The number of aromatic nitrogens is 2. The zero-order valence-electron chi connectivity index (χ0n) is 24.9. The molecule has 0 unspecified atom stereocenters. The molecule has 212 valence electrons. The van der Waals surface area contributed by atoms with Crippen molar-refractivity contribution in [2.45, 2.75) is 39.5 Å². The molecule has 0 aliphatic carbocycles. The van der Waals surface area contributed by atoms with E-state index in [1.165, 1.54) is 11.1 Å². The molecule has 5 aromatic rings.